The van der Waals surface area contributed by atoms with Crippen molar-refractivity contribution in [1.82, 2.24) is 5.01 Å². The van der Waals surface area contributed by atoms with Gasteiger partial charge in [-0.1, -0.05) is 0 Å². The van der Waals surface area contributed by atoms with Gasteiger partial charge in [-0.15, -0.1) is 0 Å². The molecule has 0 aliphatic carbocycles. The van der Waals surface area contributed by atoms with Crippen molar-refractivity contribution in [3.05, 3.63) is 23.8 Å². The molecular weight excluding hydrogens is 242 g/mol. The van der Waals surface area contributed by atoms with Gasteiger partial charge < -0.3 is 14.4 Å². The maximum absolute atomic E-state index is 5.24. The number of likely N-dealkylation sites (N-methyl/N-ethyl adjacent to an activating group) is 1. The topological polar surface area (TPSA) is 38.5 Å². The van der Waals surface area contributed by atoms with Gasteiger partial charge in [-0.2, -0.15) is 5.10 Å². The zero-order chi connectivity index (χ0) is 13.7. The molecule has 1 aromatic rings. The molecule has 1 heterocycles. The third-order valence-electron chi connectivity index (χ3n) is 3.34. The van der Waals surface area contributed by atoms with Gasteiger partial charge in [0.2, 0.25) is 0 Å². The first-order chi connectivity index (χ1) is 9.21. The Morgan fingerprint density at radius 2 is 1.68 bits per heavy atom. The first kappa shape index (κ1) is 13.7. The van der Waals surface area contributed by atoms with Crippen LogP contribution in [0.5, 0.6) is 11.5 Å². The van der Waals surface area contributed by atoms with Crippen LogP contribution in [0.4, 0.5) is 0 Å². The summed E-state index contributed by atoms with van der Waals surface area (Å²) in [6.45, 7) is 4.28. The number of quaternary nitrogens is 1. The number of nitrogens with one attached hydrogen (secondary N) is 1. The van der Waals surface area contributed by atoms with Crippen LogP contribution in [0.3, 0.4) is 0 Å². The van der Waals surface area contributed by atoms with E-state index in [1.807, 2.05) is 24.4 Å². The van der Waals surface area contributed by atoms with E-state index in [1.54, 1.807) is 19.1 Å². The quantitative estimate of drug-likeness (QED) is 0.770. The van der Waals surface area contributed by atoms with Crippen molar-refractivity contribution in [2.75, 3.05) is 47.4 Å². The SMILES string of the molecule is COc1cc(/C=N\N2CC[NH+](C)CC2)cc(OC)c1. The van der Waals surface area contributed by atoms with Crippen molar-refractivity contribution >= 4 is 6.21 Å². The van der Waals surface area contributed by atoms with E-state index in [0.717, 1.165) is 43.2 Å². The second kappa shape index (κ2) is 6.43. The second-order valence-electron chi connectivity index (χ2n) is 4.80. The predicted octanol–water partition coefficient (Wildman–Crippen LogP) is -0.132. The minimum absolute atomic E-state index is 0.781. The summed E-state index contributed by atoms with van der Waals surface area (Å²) in [6.07, 6.45) is 1.87. The van der Waals surface area contributed by atoms with E-state index < -0.39 is 0 Å². The van der Waals surface area contributed by atoms with Crippen molar-refractivity contribution in [3.63, 3.8) is 0 Å². The zero-order valence-electron chi connectivity index (χ0n) is 11.8. The minimum atomic E-state index is 0.781. The van der Waals surface area contributed by atoms with Gasteiger partial charge in [0.25, 0.3) is 0 Å². The molecule has 0 unspecified atom stereocenters. The van der Waals surface area contributed by atoms with E-state index in [9.17, 15) is 0 Å². The number of ether oxygens (including phenoxy) is 2. The van der Waals surface area contributed by atoms with Crippen molar-refractivity contribution in [3.8, 4) is 11.5 Å². The van der Waals surface area contributed by atoms with E-state index in [2.05, 4.69) is 17.2 Å². The third kappa shape index (κ3) is 3.86. The molecule has 1 aromatic carbocycles. The molecule has 1 saturated heterocycles. The van der Waals surface area contributed by atoms with E-state index in [1.165, 1.54) is 0 Å². The first-order valence-electron chi connectivity index (χ1n) is 6.54. The van der Waals surface area contributed by atoms with Crippen LogP contribution in [-0.2, 0) is 0 Å². The Labute approximate surface area is 114 Å². The summed E-state index contributed by atoms with van der Waals surface area (Å²) in [5.74, 6) is 1.56. The van der Waals surface area contributed by atoms with Crippen LogP contribution >= 0.6 is 0 Å². The van der Waals surface area contributed by atoms with Gasteiger partial charge in [-0.05, 0) is 12.1 Å². The molecule has 0 aromatic heterocycles. The fourth-order valence-corrected chi connectivity index (χ4v) is 2.04. The molecule has 0 spiro atoms. The van der Waals surface area contributed by atoms with Gasteiger partial charge in [-0.3, -0.25) is 5.01 Å². The molecule has 0 atom stereocenters. The van der Waals surface area contributed by atoms with Crippen molar-refractivity contribution in [2.24, 2.45) is 5.10 Å². The Bertz CT molecular complexity index is 418. The van der Waals surface area contributed by atoms with E-state index in [4.69, 9.17) is 9.47 Å². The van der Waals surface area contributed by atoms with Crippen LogP contribution in [-0.4, -0.2) is 58.7 Å². The van der Waals surface area contributed by atoms with Crippen LogP contribution in [0, 0.1) is 0 Å². The van der Waals surface area contributed by atoms with E-state index in [-0.39, 0.29) is 0 Å². The lowest BCUT2D eigenvalue weighted by Crippen LogP contribution is -3.11. The molecule has 0 amide bonds. The molecule has 1 aliphatic heterocycles. The summed E-state index contributed by atoms with van der Waals surface area (Å²) in [6, 6.07) is 5.76. The number of rotatable bonds is 4. The van der Waals surface area contributed by atoms with Crippen LogP contribution < -0.4 is 14.4 Å². The van der Waals surface area contributed by atoms with Crippen LogP contribution in [0.2, 0.25) is 0 Å². The fourth-order valence-electron chi connectivity index (χ4n) is 2.04. The molecule has 0 bridgehead atoms. The van der Waals surface area contributed by atoms with Gasteiger partial charge in [0.1, 0.15) is 11.5 Å². The molecule has 2 rings (SSSR count). The van der Waals surface area contributed by atoms with Gasteiger partial charge in [-0.25, -0.2) is 0 Å². The summed E-state index contributed by atoms with van der Waals surface area (Å²) in [5.41, 5.74) is 0.988. The molecule has 19 heavy (non-hydrogen) atoms. The normalized spacial score (nSPS) is 16.9. The Morgan fingerprint density at radius 1 is 1.11 bits per heavy atom. The Kier molecular flexibility index (Phi) is 4.63. The highest BCUT2D eigenvalue weighted by Gasteiger charge is 2.14. The molecule has 104 valence electrons. The summed E-state index contributed by atoms with van der Waals surface area (Å²) in [4.78, 5) is 1.56. The molecule has 1 fully saturated rings. The van der Waals surface area contributed by atoms with Gasteiger partial charge in [0, 0.05) is 11.6 Å². The Hall–Kier alpha value is -1.75. The summed E-state index contributed by atoms with van der Waals surface area (Å²) >= 11 is 0. The van der Waals surface area contributed by atoms with E-state index >= 15 is 0 Å². The summed E-state index contributed by atoms with van der Waals surface area (Å²) in [7, 11) is 5.52. The molecule has 0 saturated carbocycles. The maximum atomic E-state index is 5.24. The third-order valence-corrected chi connectivity index (χ3v) is 3.34. The fraction of sp³-hybridized carbons (Fsp3) is 0.500. The van der Waals surface area contributed by atoms with Crippen LogP contribution in [0.1, 0.15) is 5.56 Å². The van der Waals surface area contributed by atoms with E-state index in [0.29, 0.717) is 0 Å². The average Bonchev–Trinajstić information content (AvgIpc) is 2.46. The number of benzene rings is 1. The number of hydrazone groups is 1. The van der Waals surface area contributed by atoms with Crippen LogP contribution in [0.15, 0.2) is 23.3 Å². The maximum Gasteiger partial charge on any atom is 0.123 e. The zero-order valence-corrected chi connectivity index (χ0v) is 11.8. The molecule has 0 radical (unpaired) electrons. The smallest absolute Gasteiger partial charge is 0.123 e. The van der Waals surface area contributed by atoms with Gasteiger partial charge in [0.15, 0.2) is 0 Å². The summed E-state index contributed by atoms with van der Waals surface area (Å²) < 4.78 is 10.5. The second-order valence-corrected chi connectivity index (χ2v) is 4.80. The first-order valence-corrected chi connectivity index (χ1v) is 6.54. The highest BCUT2D eigenvalue weighted by Crippen LogP contribution is 2.21. The van der Waals surface area contributed by atoms with Crippen LogP contribution in [0.25, 0.3) is 0 Å². The van der Waals surface area contributed by atoms with Crippen molar-refractivity contribution in [2.45, 2.75) is 0 Å². The molecule has 5 heteroatoms. The highest BCUT2D eigenvalue weighted by molar-refractivity contribution is 5.80. The number of hydrogen-bond acceptors (Lipinski definition) is 4. The highest BCUT2D eigenvalue weighted by atomic mass is 16.5. The summed E-state index contributed by atoms with van der Waals surface area (Å²) in [5, 5.41) is 6.63. The van der Waals surface area contributed by atoms with Gasteiger partial charge in [0.05, 0.1) is 53.7 Å². The Morgan fingerprint density at radius 3 is 2.21 bits per heavy atom. The monoisotopic (exact) mass is 264 g/mol. The average molecular weight is 264 g/mol. The molecule has 5 nitrogen and oxygen atoms in total. The lowest BCUT2D eigenvalue weighted by Gasteiger charge is -2.27. The minimum Gasteiger partial charge on any atom is -0.497 e. The predicted molar refractivity (Wildman–Crippen MR) is 75.3 cm³/mol. The van der Waals surface area contributed by atoms with Gasteiger partial charge >= 0.3 is 0 Å². The largest absolute Gasteiger partial charge is 0.497 e. The lowest BCUT2D eigenvalue weighted by atomic mass is 10.2. The number of methoxy groups -OCH3 is 2. The number of hydrogen-bond donors (Lipinski definition) is 1. The Balaban J connectivity index is 2.05. The standard InChI is InChI=1S/C14H21N3O2/c1-16-4-6-17(7-5-16)15-11-12-8-13(18-2)10-14(9-12)19-3/h8-11H,4-7H2,1-3H3/p+1/b15-11-. The van der Waals surface area contributed by atoms with Crippen molar-refractivity contribution in [1.29, 1.82) is 0 Å². The molecular formula is C14H22N3O2+. The number of piperazine rings is 1. The molecule has 1 N–H and O–H groups in total. The lowest BCUT2D eigenvalue weighted by molar-refractivity contribution is -0.884. The molecule has 1 aliphatic rings. The number of nitrogens with zero attached hydrogens (tertiary/aromatic N) is 2. The van der Waals surface area contributed by atoms with Crippen molar-refractivity contribution < 1.29 is 14.4 Å².